The van der Waals surface area contributed by atoms with Crippen LogP contribution in [-0.4, -0.2) is 22.9 Å². The minimum atomic E-state index is -0.497. The highest BCUT2D eigenvalue weighted by Crippen LogP contribution is 2.22. The molecule has 0 atom stereocenters. The predicted octanol–water partition coefficient (Wildman–Crippen LogP) is 3.94. The van der Waals surface area contributed by atoms with Crippen molar-refractivity contribution >= 4 is 23.1 Å². The summed E-state index contributed by atoms with van der Waals surface area (Å²) >= 11 is 0. The number of halogens is 1. The summed E-state index contributed by atoms with van der Waals surface area (Å²) in [4.78, 5) is 22.8. The highest BCUT2D eigenvalue weighted by molar-refractivity contribution is 6.03. The number of nitrogens with zero attached hydrogens (tertiary/aromatic N) is 3. The van der Waals surface area contributed by atoms with E-state index in [0.717, 1.165) is 5.69 Å². The number of aromatic nitrogens is 2. The number of hydrogen-bond donors (Lipinski definition) is 1. The molecule has 0 aliphatic rings. The van der Waals surface area contributed by atoms with Gasteiger partial charge in [0.25, 0.3) is 5.91 Å². The van der Waals surface area contributed by atoms with Gasteiger partial charge in [0.1, 0.15) is 23.2 Å². The molecule has 0 fully saturated rings. The number of rotatable bonds is 4. The lowest BCUT2D eigenvalue weighted by Crippen LogP contribution is -2.18. The van der Waals surface area contributed by atoms with E-state index in [9.17, 15) is 9.18 Å². The van der Waals surface area contributed by atoms with E-state index in [2.05, 4.69) is 15.3 Å². The van der Waals surface area contributed by atoms with Crippen LogP contribution in [0.4, 0.5) is 21.6 Å². The SMILES string of the molecule is Cc1nc(C(=O)Nc2ccccc2F)cc(N(C)c2ccccc2)n1. The molecule has 0 saturated carbocycles. The Morgan fingerprint density at radius 2 is 1.72 bits per heavy atom. The number of benzene rings is 2. The molecule has 0 spiro atoms. The lowest BCUT2D eigenvalue weighted by atomic mass is 10.2. The summed E-state index contributed by atoms with van der Waals surface area (Å²) in [6, 6.07) is 17.2. The Morgan fingerprint density at radius 3 is 2.44 bits per heavy atom. The summed E-state index contributed by atoms with van der Waals surface area (Å²) in [6.07, 6.45) is 0. The van der Waals surface area contributed by atoms with Gasteiger partial charge < -0.3 is 10.2 Å². The molecule has 3 aromatic rings. The van der Waals surface area contributed by atoms with Crippen LogP contribution in [0.25, 0.3) is 0 Å². The van der Waals surface area contributed by atoms with Crippen LogP contribution in [0, 0.1) is 12.7 Å². The molecule has 0 unspecified atom stereocenters. The summed E-state index contributed by atoms with van der Waals surface area (Å²) in [5.74, 6) is 0.0536. The number of carbonyl (C=O) groups excluding carboxylic acids is 1. The molecule has 0 saturated heterocycles. The van der Waals surface area contributed by atoms with Gasteiger partial charge in [0.05, 0.1) is 5.69 Å². The van der Waals surface area contributed by atoms with Crippen LogP contribution in [0.5, 0.6) is 0 Å². The molecule has 0 radical (unpaired) electrons. The first-order valence-corrected chi connectivity index (χ1v) is 7.75. The van der Waals surface area contributed by atoms with E-state index in [-0.39, 0.29) is 11.4 Å². The third-order valence-corrected chi connectivity index (χ3v) is 3.67. The number of nitrogens with one attached hydrogen (secondary N) is 1. The van der Waals surface area contributed by atoms with Crippen LogP contribution < -0.4 is 10.2 Å². The average Bonchev–Trinajstić information content (AvgIpc) is 2.63. The maximum Gasteiger partial charge on any atom is 0.274 e. The second kappa shape index (κ2) is 7.09. The van der Waals surface area contributed by atoms with Crippen LogP contribution in [0.3, 0.4) is 0 Å². The van der Waals surface area contributed by atoms with E-state index < -0.39 is 11.7 Å². The summed E-state index contributed by atoms with van der Waals surface area (Å²) in [6.45, 7) is 1.71. The minimum absolute atomic E-state index is 0.113. The Morgan fingerprint density at radius 1 is 1.04 bits per heavy atom. The van der Waals surface area contributed by atoms with Gasteiger partial charge in [-0.15, -0.1) is 0 Å². The molecule has 1 heterocycles. The molecule has 0 bridgehead atoms. The first-order valence-electron chi connectivity index (χ1n) is 7.75. The molecular formula is C19H17FN4O. The standard InChI is InChI=1S/C19H17FN4O/c1-13-21-17(19(25)23-16-11-7-6-10-15(16)20)12-18(22-13)24(2)14-8-4-3-5-9-14/h3-12H,1-2H3,(H,23,25). The van der Waals surface area contributed by atoms with Crippen LogP contribution >= 0.6 is 0 Å². The monoisotopic (exact) mass is 336 g/mol. The molecule has 3 rings (SSSR count). The molecule has 6 heteroatoms. The fraction of sp³-hybridized carbons (Fsp3) is 0.105. The number of hydrogen-bond acceptors (Lipinski definition) is 4. The van der Waals surface area contributed by atoms with E-state index in [4.69, 9.17) is 0 Å². The van der Waals surface area contributed by atoms with E-state index in [1.807, 2.05) is 42.3 Å². The Kier molecular flexibility index (Phi) is 4.70. The van der Waals surface area contributed by atoms with E-state index in [1.165, 1.54) is 12.1 Å². The van der Waals surface area contributed by atoms with Crippen molar-refractivity contribution < 1.29 is 9.18 Å². The molecular weight excluding hydrogens is 319 g/mol. The molecule has 1 N–H and O–H groups in total. The van der Waals surface area contributed by atoms with Crippen molar-refractivity contribution in [2.45, 2.75) is 6.92 Å². The van der Waals surface area contributed by atoms with Crippen molar-refractivity contribution in [1.82, 2.24) is 9.97 Å². The highest BCUT2D eigenvalue weighted by atomic mass is 19.1. The van der Waals surface area contributed by atoms with Crippen molar-refractivity contribution in [3.8, 4) is 0 Å². The zero-order chi connectivity index (χ0) is 17.8. The maximum absolute atomic E-state index is 13.7. The van der Waals surface area contributed by atoms with Gasteiger partial charge in [-0.3, -0.25) is 4.79 Å². The van der Waals surface area contributed by atoms with Gasteiger partial charge in [-0.25, -0.2) is 14.4 Å². The summed E-state index contributed by atoms with van der Waals surface area (Å²) < 4.78 is 13.7. The quantitative estimate of drug-likeness (QED) is 0.784. The van der Waals surface area contributed by atoms with Gasteiger partial charge in [0.15, 0.2) is 0 Å². The fourth-order valence-electron chi connectivity index (χ4n) is 2.37. The molecule has 25 heavy (non-hydrogen) atoms. The van der Waals surface area contributed by atoms with Gasteiger partial charge >= 0.3 is 0 Å². The smallest absolute Gasteiger partial charge is 0.274 e. The molecule has 0 aliphatic carbocycles. The number of carbonyl (C=O) groups is 1. The normalized spacial score (nSPS) is 10.4. The van der Waals surface area contributed by atoms with Crippen molar-refractivity contribution in [3.05, 3.63) is 78.0 Å². The number of amides is 1. The summed E-state index contributed by atoms with van der Waals surface area (Å²) in [5.41, 5.74) is 1.22. The fourth-order valence-corrected chi connectivity index (χ4v) is 2.37. The second-order valence-electron chi connectivity index (χ2n) is 5.49. The van der Waals surface area contributed by atoms with Crippen molar-refractivity contribution in [2.24, 2.45) is 0 Å². The van der Waals surface area contributed by atoms with Gasteiger partial charge in [-0.1, -0.05) is 30.3 Å². The lowest BCUT2D eigenvalue weighted by Gasteiger charge is -2.19. The lowest BCUT2D eigenvalue weighted by molar-refractivity contribution is 0.102. The van der Waals surface area contributed by atoms with E-state index in [0.29, 0.717) is 11.6 Å². The van der Waals surface area contributed by atoms with E-state index >= 15 is 0 Å². The Hall–Kier alpha value is -3.28. The van der Waals surface area contributed by atoms with E-state index in [1.54, 1.807) is 25.1 Å². The van der Waals surface area contributed by atoms with Crippen molar-refractivity contribution in [1.29, 1.82) is 0 Å². The second-order valence-corrected chi connectivity index (χ2v) is 5.49. The Balaban J connectivity index is 1.89. The van der Waals surface area contributed by atoms with Crippen molar-refractivity contribution in [3.63, 3.8) is 0 Å². The van der Waals surface area contributed by atoms with Gasteiger partial charge in [0, 0.05) is 18.8 Å². The predicted molar refractivity (Wildman–Crippen MR) is 95.6 cm³/mol. The Bertz CT molecular complexity index is 899. The number of para-hydroxylation sites is 2. The zero-order valence-corrected chi connectivity index (χ0v) is 13.9. The molecule has 5 nitrogen and oxygen atoms in total. The van der Waals surface area contributed by atoms with Crippen LogP contribution in [-0.2, 0) is 0 Å². The highest BCUT2D eigenvalue weighted by Gasteiger charge is 2.15. The number of anilines is 3. The zero-order valence-electron chi connectivity index (χ0n) is 13.9. The minimum Gasteiger partial charge on any atom is -0.329 e. The van der Waals surface area contributed by atoms with Gasteiger partial charge in [-0.2, -0.15) is 0 Å². The summed E-state index contributed by atoms with van der Waals surface area (Å²) in [5, 5.41) is 2.54. The topological polar surface area (TPSA) is 58.1 Å². The molecule has 2 aromatic carbocycles. The first-order chi connectivity index (χ1) is 12.0. The Labute approximate surface area is 145 Å². The molecule has 1 amide bonds. The first kappa shape index (κ1) is 16.6. The van der Waals surface area contributed by atoms with Gasteiger partial charge in [-0.05, 0) is 31.2 Å². The average molecular weight is 336 g/mol. The van der Waals surface area contributed by atoms with Crippen molar-refractivity contribution in [2.75, 3.05) is 17.3 Å². The largest absolute Gasteiger partial charge is 0.329 e. The van der Waals surface area contributed by atoms with Crippen LogP contribution in [0.2, 0.25) is 0 Å². The maximum atomic E-state index is 13.7. The third kappa shape index (κ3) is 3.80. The summed E-state index contributed by atoms with van der Waals surface area (Å²) in [7, 11) is 1.86. The molecule has 1 aromatic heterocycles. The molecule has 0 aliphatic heterocycles. The van der Waals surface area contributed by atoms with Crippen LogP contribution in [0.15, 0.2) is 60.7 Å². The molecule has 126 valence electrons. The van der Waals surface area contributed by atoms with Crippen LogP contribution in [0.1, 0.15) is 16.3 Å². The van der Waals surface area contributed by atoms with Gasteiger partial charge in [0.2, 0.25) is 0 Å². The number of aryl methyl sites for hydroxylation is 1. The third-order valence-electron chi connectivity index (χ3n) is 3.67.